The standard InChI is InChI=1S/C20H16BrN/c21-11-10-14-8-9-17-16-6-2-1-5-15(16)13-18(17)20(14)19-7-3-4-12-22-19/h1-9,12H,10-11,13H2. The maximum atomic E-state index is 4.62. The molecule has 0 unspecified atom stereocenters. The van der Waals surface area contributed by atoms with E-state index in [1.807, 2.05) is 12.3 Å². The summed E-state index contributed by atoms with van der Waals surface area (Å²) in [4.78, 5) is 4.62. The van der Waals surface area contributed by atoms with Crippen molar-refractivity contribution in [3.05, 3.63) is 77.5 Å². The second-order valence-electron chi connectivity index (χ2n) is 5.61. The number of rotatable bonds is 3. The molecule has 1 heterocycles. The maximum absolute atomic E-state index is 4.62. The number of halogens is 1. The average molecular weight is 350 g/mol. The lowest BCUT2D eigenvalue weighted by Gasteiger charge is -2.14. The van der Waals surface area contributed by atoms with Crippen LogP contribution in [0, 0.1) is 0 Å². The van der Waals surface area contributed by atoms with Crippen molar-refractivity contribution in [1.29, 1.82) is 0 Å². The van der Waals surface area contributed by atoms with Crippen molar-refractivity contribution in [3.63, 3.8) is 0 Å². The Hall–Kier alpha value is -1.93. The molecule has 0 saturated carbocycles. The van der Waals surface area contributed by atoms with Crippen LogP contribution in [-0.2, 0) is 12.8 Å². The predicted molar refractivity (Wildman–Crippen MR) is 95.4 cm³/mol. The number of benzene rings is 2. The third-order valence-electron chi connectivity index (χ3n) is 4.36. The zero-order valence-corrected chi connectivity index (χ0v) is 13.8. The highest BCUT2D eigenvalue weighted by molar-refractivity contribution is 9.09. The number of hydrogen-bond donors (Lipinski definition) is 0. The minimum Gasteiger partial charge on any atom is -0.256 e. The third-order valence-corrected chi connectivity index (χ3v) is 4.76. The first kappa shape index (κ1) is 13.7. The molecular weight excluding hydrogens is 334 g/mol. The summed E-state index contributed by atoms with van der Waals surface area (Å²) in [5.74, 6) is 0. The van der Waals surface area contributed by atoms with Crippen molar-refractivity contribution in [2.24, 2.45) is 0 Å². The molecule has 0 aliphatic heterocycles. The number of alkyl halides is 1. The van der Waals surface area contributed by atoms with Crippen LogP contribution in [0.25, 0.3) is 22.4 Å². The minimum atomic E-state index is 0.971. The Morgan fingerprint density at radius 2 is 1.77 bits per heavy atom. The molecule has 2 heteroatoms. The largest absolute Gasteiger partial charge is 0.256 e. The van der Waals surface area contributed by atoms with Crippen molar-refractivity contribution in [1.82, 2.24) is 4.98 Å². The van der Waals surface area contributed by atoms with Crippen LogP contribution in [0.3, 0.4) is 0 Å². The molecule has 0 bridgehead atoms. The summed E-state index contributed by atoms with van der Waals surface area (Å²) in [6.45, 7) is 0. The summed E-state index contributed by atoms with van der Waals surface area (Å²) in [6, 6.07) is 19.4. The molecule has 1 aliphatic rings. The summed E-state index contributed by atoms with van der Waals surface area (Å²) >= 11 is 3.58. The lowest BCUT2D eigenvalue weighted by molar-refractivity contribution is 1.14. The second-order valence-corrected chi connectivity index (χ2v) is 6.41. The van der Waals surface area contributed by atoms with E-state index in [0.717, 1.165) is 23.9 Å². The first-order valence-electron chi connectivity index (χ1n) is 7.59. The van der Waals surface area contributed by atoms with Gasteiger partial charge in [0, 0.05) is 17.1 Å². The van der Waals surface area contributed by atoms with Crippen LogP contribution in [0.15, 0.2) is 60.8 Å². The Morgan fingerprint density at radius 1 is 0.909 bits per heavy atom. The third kappa shape index (κ3) is 2.19. The van der Waals surface area contributed by atoms with Gasteiger partial charge in [-0.1, -0.05) is 58.4 Å². The van der Waals surface area contributed by atoms with Crippen LogP contribution >= 0.6 is 15.9 Å². The van der Waals surface area contributed by atoms with Gasteiger partial charge in [0.05, 0.1) is 5.69 Å². The highest BCUT2D eigenvalue weighted by Crippen LogP contribution is 2.42. The van der Waals surface area contributed by atoms with E-state index in [1.165, 1.54) is 33.4 Å². The molecule has 3 aromatic rings. The van der Waals surface area contributed by atoms with Gasteiger partial charge in [0.2, 0.25) is 0 Å². The zero-order valence-electron chi connectivity index (χ0n) is 12.2. The van der Waals surface area contributed by atoms with E-state index in [9.17, 15) is 0 Å². The highest BCUT2D eigenvalue weighted by atomic mass is 79.9. The number of aryl methyl sites for hydroxylation is 1. The number of pyridine rings is 1. The molecule has 4 rings (SSSR count). The van der Waals surface area contributed by atoms with Gasteiger partial charge in [-0.15, -0.1) is 0 Å². The molecule has 1 nitrogen and oxygen atoms in total. The molecule has 0 radical (unpaired) electrons. The molecule has 0 saturated heterocycles. The van der Waals surface area contributed by atoms with Gasteiger partial charge < -0.3 is 0 Å². The van der Waals surface area contributed by atoms with Crippen LogP contribution < -0.4 is 0 Å². The number of fused-ring (bicyclic) bond motifs is 3. The SMILES string of the molecule is BrCCc1ccc2c(c1-c1ccccn1)Cc1ccccc1-2. The van der Waals surface area contributed by atoms with Gasteiger partial charge in [-0.05, 0) is 52.8 Å². The zero-order chi connectivity index (χ0) is 14.9. The van der Waals surface area contributed by atoms with Gasteiger partial charge in [-0.25, -0.2) is 0 Å². The Labute approximate surface area is 139 Å². The van der Waals surface area contributed by atoms with E-state index in [2.05, 4.69) is 69.4 Å². The van der Waals surface area contributed by atoms with E-state index in [4.69, 9.17) is 0 Å². The fourth-order valence-electron chi connectivity index (χ4n) is 3.40. The molecule has 2 aromatic carbocycles. The van der Waals surface area contributed by atoms with Crippen LogP contribution in [-0.4, -0.2) is 10.3 Å². The molecule has 0 amide bonds. The number of hydrogen-bond acceptors (Lipinski definition) is 1. The normalized spacial score (nSPS) is 12.0. The first-order chi connectivity index (χ1) is 10.9. The molecule has 0 spiro atoms. The summed E-state index contributed by atoms with van der Waals surface area (Å²) in [6.07, 6.45) is 3.91. The van der Waals surface area contributed by atoms with E-state index < -0.39 is 0 Å². The quantitative estimate of drug-likeness (QED) is 0.460. The van der Waals surface area contributed by atoms with Crippen molar-refractivity contribution in [2.75, 3.05) is 5.33 Å². The highest BCUT2D eigenvalue weighted by Gasteiger charge is 2.23. The van der Waals surface area contributed by atoms with Crippen molar-refractivity contribution in [3.8, 4) is 22.4 Å². The topological polar surface area (TPSA) is 12.9 Å². The molecule has 1 aliphatic carbocycles. The van der Waals surface area contributed by atoms with Crippen molar-refractivity contribution >= 4 is 15.9 Å². The van der Waals surface area contributed by atoms with Crippen LogP contribution in [0.1, 0.15) is 16.7 Å². The van der Waals surface area contributed by atoms with Crippen molar-refractivity contribution in [2.45, 2.75) is 12.8 Å². The summed E-state index contributed by atoms with van der Waals surface area (Å²) < 4.78 is 0. The van der Waals surface area contributed by atoms with E-state index >= 15 is 0 Å². The average Bonchev–Trinajstić information content (AvgIpc) is 2.94. The van der Waals surface area contributed by atoms with Gasteiger partial charge in [0.15, 0.2) is 0 Å². The fourth-order valence-corrected chi connectivity index (χ4v) is 3.83. The van der Waals surface area contributed by atoms with Crippen molar-refractivity contribution < 1.29 is 0 Å². The summed E-state index contributed by atoms with van der Waals surface area (Å²) in [5.41, 5.74) is 9.39. The van der Waals surface area contributed by atoms with E-state index in [-0.39, 0.29) is 0 Å². The van der Waals surface area contributed by atoms with E-state index in [1.54, 1.807) is 0 Å². The Bertz CT molecular complexity index is 824. The summed E-state index contributed by atoms with van der Waals surface area (Å²) in [7, 11) is 0. The summed E-state index contributed by atoms with van der Waals surface area (Å²) in [5, 5.41) is 0.971. The minimum absolute atomic E-state index is 0.971. The maximum Gasteiger partial charge on any atom is 0.0707 e. The predicted octanol–water partition coefficient (Wildman–Crippen LogP) is 5.26. The van der Waals surface area contributed by atoms with Crippen LogP contribution in [0.2, 0.25) is 0 Å². The Kier molecular flexibility index (Phi) is 3.55. The molecule has 0 atom stereocenters. The van der Waals surface area contributed by atoms with Gasteiger partial charge in [0.1, 0.15) is 0 Å². The smallest absolute Gasteiger partial charge is 0.0707 e. The molecule has 108 valence electrons. The van der Waals surface area contributed by atoms with Crippen LogP contribution in [0.5, 0.6) is 0 Å². The molecule has 0 N–H and O–H groups in total. The molecule has 0 fully saturated rings. The fraction of sp³-hybridized carbons (Fsp3) is 0.150. The second kappa shape index (κ2) is 5.69. The van der Waals surface area contributed by atoms with Gasteiger partial charge in [0.25, 0.3) is 0 Å². The number of nitrogens with zero attached hydrogens (tertiary/aromatic N) is 1. The molecule has 1 aromatic heterocycles. The number of aromatic nitrogens is 1. The van der Waals surface area contributed by atoms with Crippen LogP contribution in [0.4, 0.5) is 0 Å². The monoisotopic (exact) mass is 349 g/mol. The lowest BCUT2D eigenvalue weighted by Crippen LogP contribution is -1.98. The molecular formula is C20H16BrN. The Morgan fingerprint density at radius 3 is 2.59 bits per heavy atom. The van der Waals surface area contributed by atoms with E-state index in [0.29, 0.717) is 0 Å². The van der Waals surface area contributed by atoms with Gasteiger partial charge >= 0.3 is 0 Å². The van der Waals surface area contributed by atoms with Gasteiger partial charge in [-0.2, -0.15) is 0 Å². The molecule has 22 heavy (non-hydrogen) atoms. The lowest BCUT2D eigenvalue weighted by atomic mass is 9.92. The van der Waals surface area contributed by atoms with Gasteiger partial charge in [-0.3, -0.25) is 4.98 Å². The first-order valence-corrected chi connectivity index (χ1v) is 8.71. The Balaban J connectivity index is 1.96.